The predicted molar refractivity (Wildman–Crippen MR) is 80.3 cm³/mol. The highest BCUT2D eigenvalue weighted by Gasteiger charge is 2.03. The Morgan fingerprint density at radius 1 is 1.20 bits per heavy atom. The average Bonchev–Trinajstić information content (AvgIpc) is 2.41. The molecule has 2 aromatic carbocycles. The third-order valence-electron chi connectivity index (χ3n) is 2.68. The van der Waals surface area contributed by atoms with Gasteiger partial charge in [0, 0.05) is 6.08 Å². The monoisotopic (exact) mass is 289 g/mol. The van der Waals surface area contributed by atoms with Gasteiger partial charge in [-0.05, 0) is 48.4 Å². The lowest BCUT2D eigenvalue weighted by Crippen LogP contribution is -2.08. The van der Waals surface area contributed by atoms with Crippen LogP contribution in [0, 0.1) is 12.7 Å². The lowest BCUT2D eigenvalue weighted by Gasteiger charge is -2.05. The van der Waals surface area contributed by atoms with Crippen molar-refractivity contribution >= 4 is 29.3 Å². The van der Waals surface area contributed by atoms with Gasteiger partial charge >= 0.3 is 0 Å². The summed E-state index contributed by atoms with van der Waals surface area (Å²) in [5.41, 5.74) is 2.33. The molecule has 0 fully saturated rings. The van der Waals surface area contributed by atoms with Crippen LogP contribution in [-0.4, -0.2) is 5.91 Å². The zero-order valence-corrected chi connectivity index (χ0v) is 11.6. The molecule has 0 heterocycles. The Morgan fingerprint density at radius 2 is 1.90 bits per heavy atom. The lowest BCUT2D eigenvalue weighted by atomic mass is 10.2. The van der Waals surface area contributed by atoms with E-state index in [1.807, 2.05) is 13.0 Å². The molecule has 0 atom stereocenters. The van der Waals surface area contributed by atoms with Crippen molar-refractivity contribution in [3.63, 3.8) is 0 Å². The number of amides is 1. The first kappa shape index (κ1) is 14.3. The topological polar surface area (TPSA) is 29.1 Å². The Hall–Kier alpha value is -2.13. The van der Waals surface area contributed by atoms with E-state index in [1.54, 1.807) is 30.3 Å². The maximum atomic E-state index is 12.7. The van der Waals surface area contributed by atoms with Crippen LogP contribution in [0.5, 0.6) is 0 Å². The molecule has 0 radical (unpaired) electrons. The predicted octanol–water partition coefficient (Wildman–Crippen LogP) is 4.44. The second-order valence-corrected chi connectivity index (χ2v) is 4.76. The van der Waals surface area contributed by atoms with E-state index in [0.29, 0.717) is 10.7 Å². The minimum absolute atomic E-state index is 0.292. The highest BCUT2D eigenvalue weighted by molar-refractivity contribution is 6.33. The summed E-state index contributed by atoms with van der Waals surface area (Å²) in [4.78, 5) is 11.8. The smallest absolute Gasteiger partial charge is 0.248 e. The Kier molecular flexibility index (Phi) is 4.53. The van der Waals surface area contributed by atoms with Gasteiger partial charge in [-0.15, -0.1) is 0 Å². The second-order valence-electron chi connectivity index (χ2n) is 4.36. The Morgan fingerprint density at radius 3 is 2.55 bits per heavy atom. The molecule has 2 aromatic rings. The Labute approximate surface area is 121 Å². The third-order valence-corrected chi connectivity index (χ3v) is 2.99. The van der Waals surface area contributed by atoms with Gasteiger partial charge in [0.25, 0.3) is 0 Å². The van der Waals surface area contributed by atoms with E-state index >= 15 is 0 Å². The standard InChI is InChI=1S/C16H13ClFNO/c1-11-2-8-15(14(17)10-11)19-16(20)9-5-12-3-6-13(18)7-4-12/h2-10H,1H3,(H,19,20)/b9-5+. The van der Waals surface area contributed by atoms with Crippen molar-refractivity contribution in [1.82, 2.24) is 0 Å². The van der Waals surface area contributed by atoms with Crippen molar-refractivity contribution in [3.8, 4) is 0 Å². The fourth-order valence-corrected chi connectivity index (χ4v) is 1.92. The fraction of sp³-hybridized carbons (Fsp3) is 0.0625. The Balaban J connectivity index is 2.03. The number of benzene rings is 2. The third kappa shape index (κ3) is 3.93. The van der Waals surface area contributed by atoms with E-state index in [1.165, 1.54) is 18.2 Å². The molecule has 0 saturated heterocycles. The van der Waals surface area contributed by atoms with Gasteiger partial charge in [0.2, 0.25) is 5.91 Å². The molecule has 0 aliphatic heterocycles. The van der Waals surface area contributed by atoms with E-state index in [9.17, 15) is 9.18 Å². The highest BCUT2D eigenvalue weighted by Crippen LogP contribution is 2.22. The maximum absolute atomic E-state index is 12.7. The van der Waals surface area contributed by atoms with Gasteiger partial charge in [-0.1, -0.05) is 29.8 Å². The maximum Gasteiger partial charge on any atom is 0.248 e. The summed E-state index contributed by atoms with van der Waals surface area (Å²) >= 11 is 6.03. The molecule has 2 rings (SSSR count). The summed E-state index contributed by atoms with van der Waals surface area (Å²) in [6, 6.07) is 11.3. The molecule has 0 bridgehead atoms. The Bertz CT molecular complexity index is 650. The largest absolute Gasteiger partial charge is 0.321 e. The normalized spacial score (nSPS) is 10.8. The first-order chi connectivity index (χ1) is 9.54. The van der Waals surface area contributed by atoms with Gasteiger partial charge in [-0.25, -0.2) is 4.39 Å². The molecule has 2 nitrogen and oxygen atoms in total. The minimum Gasteiger partial charge on any atom is -0.321 e. The number of rotatable bonds is 3. The van der Waals surface area contributed by atoms with Gasteiger partial charge in [0.05, 0.1) is 10.7 Å². The van der Waals surface area contributed by atoms with E-state index in [4.69, 9.17) is 11.6 Å². The van der Waals surface area contributed by atoms with Crippen LogP contribution in [-0.2, 0) is 4.79 Å². The lowest BCUT2D eigenvalue weighted by molar-refractivity contribution is -0.111. The van der Waals surface area contributed by atoms with Gasteiger partial charge < -0.3 is 5.32 Å². The molecule has 102 valence electrons. The van der Waals surface area contributed by atoms with E-state index in [2.05, 4.69) is 5.32 Å². The average molecular weight is 290 g/mol. The van der Waals surface area contributed by atoms with Crippen molar-refractivity contribution in [2.24, 2.45) is 0 Å². The van der Waals surface area contributed by atoms with Crippen molar-refractivity contribution in [2.45, 2.75) is 6.92 Å². The molecule has 0 unspecified atom stereocenters. The molecule has 0 saturated carbocycles. The zero-order valence-electron chi connectivity index (χ0n) is 10.9. The van der Waals surface area contributed by atoms with Gasteiger partial charge in [-0.3, -0.25) is 4.79 Å². The molecule has 1 N–H and O–H groups in total. The second kappa shape index (κ2) is 6.35. The van der Waals surface area contributed by atoms with Gasteiger partial charge in [0.15, 0.2) is 0 Å². The first-order valence-electron chi connectivity index (χ1n) is 6.05. The summed E-state index contributed by atoms with van der Waals surface area (Å²) in [6.07, 6.45) is 2.99. The van der Waals surface area contributed by atoms with E-state index in [0.717, 1.165) is 11.1 Å². The van der Waals surface area contributed by atoms with Crippen LogP contribution in [0.4, 0.5) is 10.1 Å². The minimum atomic E-state index is -0.307. The number of anilines is 1. The zero-order chi connectivity index (χ0) is 14.5. The van der Waals surface area contributed by atoms with Crippen LogP contribution in [0.25, 0.3) is 6.08 Å². The molecule has 0 aromatic heterocycles. The molecule has 0 aliphatic carbocycles. The van der Waals surface area contributed by atoms with Gasteiger partial charge in [0.1, 0.15) is 5.82 Å². The van der Waals surface area contributed by atoms with Gasteiger partial charge in [-0.2, -0.15) is 0 Å². The number of nitrogens with one attached hydrogen (secondary N) is 1. The van der Waals surface area contributed by atoms with Crippen LogP contribution in [0.3, 0.4) is 0 Å². The van der Waals surface area contributed by atoms with E-state index < -0.39 is 0 Å². The van der Waals surface area contributed by atoms with Crippen LogP contribution in [0.2, 0.25) is 5.02 Å². The van der Waals surface area contributed by atoms with Crippen LogP contribution < -0.4 is 5.32 Å². The number of hydrogen-bond donors (Lipinski definition) is 1. The number of aryl methyl sites for hydroxylation is 1. The number of halogens is 2. The van der Waals surface area contributed by atoms with Crippen LogP contribution >= 0.6 is 11.6 Å². The van der Waals surface area contributed by atoms with Crippen molar-refractivity contribution in [1.29, 1.82) is 0 Å². The van der Waals surface area contributed by atoms with Crippen molar-refractivity contribution < 1.29 is 9.18 Å². The number of hydrogen-bond acceptors (Lipinski definition) is 1. The van der Waals surface area contributed by atoms with Crippen molar-refractivity contribution in [2.75, 3.05) is 5.32 Å². The molecule has 1 amide bonds. The molecule has 0 spiro atoms. The summed E-state index contributed by atoms with van der Waals surface area (Å²) in [5.74, 6) is -0.599. The molecule has 0 aliphatic rings. The summed E-state index contributed by atoms with van der Waals surface area (Å²) in [5, 5.41) is 3.18. The fourth-order valence-electron chi connectivity index (χ4n) is 1.64. The molecular formula is C16H13ClFNO. The van der Waals surface area contributed by atoms with Crippen LogP contribution in [0.1, 0.15) is 11.1 Å². The first-order valence-corrected chi connectivity index (χ1v) is 6.43. The van der Waals surface area contributed by atoms with E-state index in [-0.39, 0.29) is 11.7 Å². The number of carbonyl (C=O) groups is 1. The van der Waals surface area contributed by atoms with Crippen LogP contribution in [0.15, 0.2) is 48.5 Å². The summed E-state index contributed by atoms with van der Waals surface area (Å²) in [7, 11) is 0. The van der Waals surface area contributed by atoms with Crippen molar-refractivity contribution in [3.05, 3.63) is 70.5 Å². The quantitative estimate of drug-likeness (QED) is 0.832. The number of carbonyl (C=O) groups excluding carboxylic acids is 1. The SMILES string of the molecule is Cc1ccc(NC(=O)/C=C/c2ccc(F)cc2)c(Cl)c1. The highest BCUT2D eigenvalue weighted by atomic mass is 35.5. The molecule has 4 heteroatoms. The molecule has 20 heavy (non-hydrogen) atoms. The summed E-state index contributed by atoms with van der Waals surface area (Å²) < 4.78 is 12.7. The molecular weight excluding hydrogens is 277 g/mol. The summed E-state index contributed by atoms with van der Waals surface area (Å²) in [6.45, 7) is 1.92.